The summed E-state index contributed by atoms with van der Waals surface area (Å²) in [5.41, 5.74) is 5.17. The van der Waals surface area contributed by atoms with Gasteiger partial charge in [-0.3, -0.25) is 9.88 Å². The van der Waals surface area contributed by atoms with Crippen molar-refractivity contribution in [2.75, 3.05) is 13.1 Å². The maximum absolute atomic E-state index is 5.07. The molecule has 5 heterocycles. The summed E-state index contributed by atoms with van der Waals surface area (Å²) >= 11 is 0. The minimum absolute atomic E-state index is 0.486. The Morgan fingerprint density at radius 2 is 1.86 bits per heavy atom. The Balaban J connectivity index is 1.30. The third kappa shape index (κ3) is 3.51. The van der Waals surface area contributed by atoms with Crippen LogP contribution in [0.5, 0.6) is 0 Å². The number of aromatic nitrogens is 4. The number of oxazole rings is 1. The van der Waals surface area contributed by atoms with Crippen LogP contribution in [0.1, 0.15) is 30.1 Å². The van der Waals surface area contributed by atoms with Gasteiger partial charge >= 0.3 is 0 Å². The Morgan fingerprint density at radius 3 is 2.64 bits per heavy atom. The topological polar surface area (TPSA) is 67.9 Å². The van der Waals surface area contributed by atoms with Gasteiger partial charge in [-0.2, -0.15) is 0 Å². The summed E-state index contributed by atoms with van der Waals surface area (Å²) < 4.78 is 5.07. The predicted molar refractivity (Wildman–Crippen MR) is 107 cm³/mol. The highest BCUT2D eigenvalue weighted by Gasteiger charge is 2.22. The van der Waals surface area contributed by atoms with E-state index in [0.717, 1.165) is 66.0 Å². The predicted octanol–water partition coefficient (Wildman–Crippen LogP) is 4.06. The number of fused-ring (bicyclic) bond motifs is 1. The van der Waals surface area contributed by atoms with Crippen molar-refractivity contribution in [3.05, 3.63) is 73.0 Å². The molecule has 6 nitrogen and oxygen atoms in total. The van der Waals surface area contributed by atoms with Crippen LogP contribution in [0.3, 0.4) is 0 Å². The standard InChI is InChI=1S/C22H21N5O/c1-2-21(17-5-9-27(10-6-17)13-20-14-28-15-25-20)26-22-18(1)11-19(12-24-22)16-3-7-23-8-4-16/h1-4,7-8,11-12,14-15,17H,5-6,9-10,13H2. The van der Waals surface area contributed by atoms with E-state index in [1.165, 1.54) is 6.39 Å². The van der Waals surface area contributed by atoms with Crippen LogP contribution in [0.25, 0.3) is 22.2 Å². The van der Waals surface area contributed by atoms with E-state index in [-0.39, 0.29) is 0 Å². The molecular formula is C22H21N5O. The molecule has 1 aliphatic heterocycles. The van der Waals surface area contributed by atoms with Crippen molar-refractivity contribution in [2.24, 2.45) is 0 Å². The minimum atomic E-state index is 0.486. The van der Waals surface area contributed by atoms with E-state index >= 15 is 0 Å². The van der Waals surface area contributed by atoms with Crippen LogP contribution in [0, 0.1) is 0 Å². The van der Waals surface area contributed by atoms with Gasteiger partial charge in [-0.1, -0.05) is 0 Å². The fourth-order valence-corrected chi connectivity index (χ4v) is 3.89. The fraction of sp³-hybridized carbons (Fsp3) is 0.273. The second-order valence-electron chi connectivity index (χ2n) is 7.27. The van der Waals surface area contributed by atoms with Crippen LogP contribution in [0.2, 0.25) is 0 Å². The van der Waals surface area contributed by atoms with E-state index in [2.05, 4.69) is 38.1 Å². The molecule has 0 saturated carbocycles. The number of pyridine rings is 3. The summed E-state index contributed by atoms with van der Waals surface area (Å²) in [4.78, 5) is 20.2. The normalized spacial score (nSPS) is 15.9. The molecule has 5 rings (SSSR count). The van der Waals surface area contributed by atoms with E-state index in [1.54, 1.807) is 18.7 Å². The average Bonchev–Trinajstić information content (AvgIpc) is 3.27. The van der Waals surface area contributed by atoms with Crippen molar-refractivity contribution >= 4 is 11.0 Å². The summed E-state index contributed by atoms with van der Waals surface area (Å²) in [6.45, 7) is 2.95. The van der Waals surface area contributed by atoms with Gasteiger partial charge in [-0.15, -0.1) is 0 Å². The first-order valence-electron chi connectivity index (χ1n) is 9.62. The lowest BCUT2D eigenvalue weighted by molar-refractivity contribution is 0.201. The van der Waals surface area contributed by atoms with Gasteiger partial charge in [0.15, 0.2) is 12.0 Å². The zero-order valence-corrected chi connectivity index (χ0v) is 15.5. The number of nitrogens with zero attached hydrogens (tertiary/aromatic N) is 5. The van der Waals surface area contributed by atoms with Crippen molar-refractivity contribution in [1.82, 2.24) is 24.8 Å². The van der Waals surface area contributed by atoms with Crippen LogP contribution in [-0.4, -0.2) is 37.9 Å². The van der Waals surface area contributed by atoms with Gasteiger partial charge < -0.3 is 4.42 Å². The maximum atomic E-state index is 5.07. The Kier molecular flexibility index (Phi) is 4.54. The van der Waals surface area contributed by atoms with Gasteiger partial charge in [-0.05, 0) is 61.8 Å². The first-order chi connectivity index (χ1) is 13.8. The lowest BCUT2D eigenvalue weighted by Crippen LogP contribution is -2.32. The van der Waals surface area contributed by atoms with Crippen LogP contribution < -0.4 is 0 Å². The fourth-order valence-electron chi connectivity index (χ4n) is 3.89. The SMILES string of the molecule is c1cc(-c2cnc3nc(C4CCN(Cc5cocn5)CC4)ccc3c2)ccn1. The summed E-state index contributed by atoms with van der Waals surface area (Å²) in [6.07, 6.45) is 10.9. The quantitative estimate of drug-likeness (QED) is 0.539. The Morgan fingerprint density at radius 1 is 1.00 bits per heavy atom. The zero-order chi connectivity index (χ0) is 18.8. The van der Waals surface area contributed by atoms with Crippen LogP contribution in [-0.2, 0) is 6.54 Å². The van der Waals surface area contributed by atoms with Gasteiger partial charge in [0.1, 0.15) is 6.26 Å². The molecule has 0 aromatic carbocycles. The maximum Gasteiger partial charge on any atom is 0.180 e. The van der Waals surface area contributed by atoms with E-state index < -0.39 is 0 Å². The van der Waals surface area contributed by atoms with Crippen molar-refractivity contribution in [3.63, 3.8) is 0 Å². The van der Waals surface area contributed by atoms with Crippen molar-refractivity contribution in [3.8, 4) is 11.1 Å². The monoisotopic (exact) mass is 371 g/mol. The van der Waals surface area contributed by atoms with Crippen molar-refractivity contribution in [2.45, 2.75) is 25.3 Å². The van der Waals surface area contributed by atoms with Crippen molar-refractivity contribution < 1.29 is 4.42 Å². The Hall–Kier alpha value is -3.12. The number of hydrogen-bond acceptors (Lipinski definition) is 6. The molecule has 0 bridgehead atoms. The minimum Gasteiger partial charge on any atom is -0.451 e. The Labute approximate surface area is 163 Å². The highest BCUT2D eigenvalue weighted by atomic mass is 16.3. The molecule has 0 radical (unpaired) electrons. The summed E-state index contributed by atoms with van der Waals surface area (Å²) in [6, 6.07) is 10.5. The molecule has 0 spiro atoms. The first kappa shape index (κ1) is 17.0. The van der Waals surface area contributed by atoms with E-state index in [4.69, 9.17) is 9.40 Å². The molecule has 0 atom stereocenters. The smallest absolute Gasteiger partial charge is 0.180 e. The van der Waals surface area contributed by atoms with Crippen LogP contribution in [0.4, 0.5) is 0 Å². The van der Waals surface area contributed by atoms with Gasteiger partial charge in [0.2, 0.25) is 0 Å². The zero-order valence-electron chi connectivity index (χ0n) is 15.5. The molecule has 0 N–H and O–H groups in total. The highest BCUT2D eigenvalue weighted by Crippen LogP contribution is 2.29. The number of hydrogen-bond donors (Lipinski definition) is 0. The molecule has 140 valence electrons. The number of likely N-dealkylation sites (tertiary alicyclic amines) is 1. The molecule has 4 aromatic rings. The van der Waals surface area contributed by atoms with E-state index in [0.29, 0.717) is 5.92 Å². The number of piperidine rings is 1. The molecule has 0 amide bonds. The molecule has 28 heavy (non-hydrogen) atoms. The molecule has 0 unspecified atom stereocenters. The van der Waals surface area contributed by atoms with Gasteiger partial charge in [0, 0.05) is 47.7 Å². The summed E-state index contributed by atoms with van der Waals surface area (Å²) in [7, 11) is 0. The molecule has 6 heteroatoms. The first-order valence-corrected chi connectivity index (χ1v) is 9.62. The molecular weight excluding hydrogens is 350 g/mol. The lowest BCUT2D eigenvalue weighted by Gasteiger charge is -2.31. The molecule has 1 saturated heterocycles. The molecule has 4 aromatic heterocycles. The van der Waals surface area contributed by atoms with Gasteiger partial charge in [-0.25, -0.2) is 15.0 Å². The molecule has 0 aliphatic carbocycles. The Bertz CT molecular complexity index is 1060. The van der Waals surface area contributed by atoms with Crippen molar-refractivity contribution in [1.29, 1.82) is 0 Å². The second-order valence-corrected chi connectivity index (χ2v) is 7.27. The molecule has 1 fully saturated rings. The third-order valence-corrected chi connectivity index (χ3v) is 5.45. The third-order valence-electron chi connectivity index (χ3n) is 5.45. The highest BCUT2D eigenvalue weighted by molar-refractivity contribution is 5.80. The van der Waals surface area contributed by atoms with E-state index in [9.17, 15) is 0 Å². The van der Waals surface area contributed by atoms with Gasteiger partial charge in [0.05, 0.1) is 5.69 Å². The molecule has 1 aliphatic rings. The summed E-state index contributed by atoms with van der Waals surface area (Å²) in [5.74, 6) is 0.486. The lowest BCUT2D eigenvalue weighted by atomic mass is 9.92. The second kappa shape index (κ2) is 7.48. The van der Waals surface area contributed by atoms with E-state index in [1.807, 2.05) is 18.3 Å². The van der Waals surface area contributed by atoms with Crippen LogP contribution >= 0.6 is 0 Å². The summed E-state index contributed by atoms with van der Waals surface area (Å²) in [5, 5.41) is 1.07. The largest absolute Gasteiger partial charge is 0.451 e. The average molecular weight is 371 g/mol. The van der Waals surface area contributed by atoms with Crippen LogP contribution in [0.15, 0.2) is 66.0 Å². The number of rotatable bonds is 4. The van der Waals surface area contributed by atoms with Gasteiger partial charge in [0.25, 0.3) is 0 Å².